The van der Waals surface area contributed by atoms with Gasteiger partial charge in [0, 0.05) is 35.9 Å². The Morgan fingerprint density at radius 3 is 2.07 bits per heavy atom. The van der Waals surface area contributed by atoms with Crippen LogP contribution in [-0.4, -0.2) is 62.6 Å². The maximum absolute atomic E-state index is 13.0. The van der Waals surface area contributed by atoms with Crippen molar-refractivity contribution in [1.82, 2.24) is 14.6 Å². The minimum Gasteiger partial charge on any atom is -0.351 e. The molecule has 0 spiro atoms. The van der Waals surface area contributed by atoms with Gasteiger partial charge in [-0.25, -0.2) is 8.42 Å². The third-order valence-electron chi connectivity index (χ3n) is 7.99. The Balaban J connectivity index is 1.20. The largest absolute Gasteiger partial charge is 0.351 e. The van der Waals surface area contributed by atoms with Crippen molar-refractivity contribution in [1.29, 1.82) is 0 Å². The van der Waals surface area contributed by atoms with E-state index in [1.54, 1.807) is 54.6 Å². The predicted molar refractivity (Wildman–Crippen MR) is 171 cm³/mol. The summed E-state index contributed by atoms with van der Waals surface area (Å²) in [5.41, 5.74) is 2.89. The van der Waals surface area contributed by atoms with Gasteiger partial charge in [-0.2, -0.15) is 21.1 Å². The summed E-state index contributed by atoms with van der Waals surface area (Å²) < 4.78 is 94.0. The number of benzene rings is 4. The fourth-order valence-electron chi connectivity index (χ4n) is 5.59. The lowest BCUT2D eigenvalue weighted by molar-refractivity contribution is 0.0946. The van der Waals surface area contributed by atoms with Crippen LogP contribution >= 0.6 is 0 Å². The molecule has 0 atom stereocenters. The molecule has 1 aromatic heterocycles. The van der Waals surface area contributed by atoms with Gasteiger partial charge < -0.3 is 10.3 Å². The second-order valence-electron chi connectivity index (χ2n) is 11.1. The Bertz CT molecular complexity index is 2330. The lowest BCUT2D eigenvalue weighted by Crippen LogP contribution is -2.35. The molecule has 15 heteroatoms. The summed E-state index contributed by atoms with van der Waals surface area (Å²) in [6.45, 7) is 1.21. The monoisotopic (exact) mass is 683 g/mol. The molecule has 1 aliphatic rings. The highest BCUT2D eigenvalue weighted by molar-refractivity contribution is 7.89. The number of rotatable bonds is 8. The molecule has 1 aliphatic heterocycles. The third kappa shape index (κ3) is 6.42. The molecule has 46 heavy (non-hydrogen) atoms. The van der Waals surface area contributed by atoms with Crippen molar-refractivity contribution in [2.75, 3.05) is 13.1 Å². The van der Waals surface area contributed by atoms with Crippen molar-refractivity contribution in [2.45, 2.75) is 40.5 Å². The summed E-state index contributed by atoms with van der Waals surface area (Å²) >= 11 is 0. The molecule has 0 bridgehead atoms. The van der Waals surface area contributed by atoms with Crippen LogP contribution in [0.1, 0.15) is 35.3 Å². The number of piperidine rings is 1. The minimum atomic E-state index is -4.84. The number of fused-ring (bicyclic) bond motifs is 2. The number of H-pyrrole nitrogens is 1. The van der Waals surface area contributed by atoms with Crippen LogP contribution in [0.25, 0.3) is 32.8 Å². The Morgan fingerprint density at radius 1 is 0.717 bits per heavy atom. The second kappa shape index (κ2) is 11.9. The number of nitrogens with one attached hydrogen (secondary N) is 2. The molecule has 1 fully saturated rings. The highest BCUT2D eigenvalue weighted by atomic mass is 32.2. The van der Waals surface area contributed by atoms with E-state index >= 15 is 0 Å². The van der Waals surface area contributed by atoms with E-state index in [1.165, 1.54) is 16.4 Å². The van der Waals surface area contributed by atoms with Gasteiger partial charge in [0.15, 0.2) is 0 Å². The van der Waals surface area contributed by atoms with Crippen LogP contribution in [0.15, 0.2) is 93.5 Å². The van der Waals surface area contributed by atoms with E-state index in [0.717, 1.165) is 30.9 Å². The lowest BCUT2D eigenvalue weighted by Gasteiger charge is -2.25. The third-order valence-corrected chi connectivity index (χ3v) is 11.6. The number of carbonyl (C=O) groups is 1. The maximum Gasteiger partial charge on any atom is 0.295 e. The van der Waals surface area contributed by atoms with Crippen LogP contribution in [0.4, 0.5) is 0 Å². The first-order valence-electron chi connectivity index (χ1n) is 14.2. The van der Waals surface area contributed by atoms with Crippen LogP contribution in [-0.2, 0) is 36.8 Å². The standard InChI is InChI=1S/C31H29N3O9S3/c35-31(32-19-20-4-9-25(10-5-20)44(36,37)34-12-2-1-3-13-34)29-17-24-14-21(8-11-28(24)33-29)22-6-7-23-15-26(45(38,39)40)18-30(27(23)16-22)46(41,42)43/h4-11,14-18,33H,1-3,12-13,19H2,(H,32,35)(H,38,39,40)(H,41,42,43). The number of nitrogens with zero attached hydrogens (tertiary/aromatic N) is 1. The van der Waals surface area contributed by atoms with Crippen molar-refractivity contribution in [2.24, 2.45) is 0 Å². The molecule has 4 aromatic carbocycles. The number of amides is 1. The molecule has 1 saturated heterocycles. The number of aromatic nitrogens is 1. The number of aromatic amines is 1. The first-order valence-corrected chi connectivity index (χ1v) is 18.6. The van der Waals surface area contributed by atoms with E-state index in [0.29, 0.717) is 46.9 Å². The van der Waals surface area contributed by atoms with E-state index in [-0.39, 0.29) is 28.1 Å². The van der Waals surface area contributed by atoms with Crippen molar-refractivity contribution < 1.29 is 39.2 Å². The van der Waals surface area contributed by atoms with Gasteiger partial charge in [-0.15, -0.1) is 0 Å². The summed E-state index contributed by atoms with van der Waals surface area (Å²) in [7, 11) is -13.1. The SMILES string of the molecule is O=C(NCc1ccc(S(=O)(=O)N2CCCCC2)cc1)c1cc2cc(-c3ccc4cc(S(=O)(=O)O)cc(S(=O)(=O)O)c4c3)ccc2[nH]1. The molecule has 2 heterocycles. The van der Waals surface area contributed by atoms with Gasteiger partial charge in [0.1, 0.15) is 10.6 Å². The molecular weight excluding hydrogens is 655 g/mol. The van der Waals surface area contributed by atoms with E-state index in [4.69, 9.17) is 0 Å². The van der Waals surface area contributed by atoms with Crippen LogP contribution < -0.4 is 5.32 Å². The van der Waals surface area contributed by atoms with Crippen molar-refractivity contribution >= 4 is 57.8 Å². The zero-order chi connectivity index (χ0) is 32.9. The summed E-state index contributed by atoms with van der Waals surface area (Å²) in [5.74, 6) is -0.374. The molecule has 0 aliphatic carbocycles. The van der Waals surface area contributed by atoms with Crippen molar-refractivity contribution in [3.05, 3.63) is 90.1 Å². The van der Waals surface area contributed by atoms with E-state index in [2.05, 4.69) is 10.3 Å². The van der Waals surface area contributed by atoms with Crippen LogP contribution in [0.2, 0.25) is 0 Å². The summed E-state index contributed by atoms with van der Waals surface area (Å²) in [5, 5.41) is 3.74. The molecule has 5 aromatic rings. The molecule has 6 rings (SSSR count). The van der Waals surface area contributed by atoms with Gasteiger partial charge in [-0.05, 0) is 83.4 Å². The number of sulfonamides is 1. The zero-order valence-corrected chi connectivity index (χ0v) is 26.6. The first kappa shape index (κ1) is 31.8. The molecule has 0 radical (unpaired) electrons. The Kier molecular flexibility index (Phi) is 8.25. The Morgan fingerprint density at radius 2 is 1.39 bits per heavy atom. The summed E-state index contributed by atoms with van der Waals surface area (Å²) in [6.07, 6.45) is 2.72. The maximum atomic E-state index is 13.0. The van der Waals surface area contributed by atoms with Crippen LogP contribution in [0.5, 0.6) is 0 Å². The minimum absolute atomic E-state index is 0.0544. The molecule has 1 amide bonds. The average molecular weight is 684 g/mol. The lowest BCUT2D eigenvalue weighted by atomic mass is 10.00. The van der Waals surface area contributed by atoms with Gasteiger partial charge in [-0.3, -0.25) is 13.9 Å². The van der Waals surface area contributed by atoms with E-state index in [9.17, 15) is 39.2 Å². The smallest absolute Gasteiger partial charge is 0.295 e. The highest BCUT2D eigenvalue weighted by Crippen LogP contribution is 2.33. The van der Waals surface area contributed by atoms with Crippen molar-refractivity contribution in [3.63, 3.8) is 0 Å². The molecule has 0 saturated carbocycles. The fraction of sp³-hybridized carbons (Fsp3) is 0.194. The molecule has 0 unspecified atom stereocenters. The topological polar surface area (TPSA) is 191 Å². The van der Waals surface area contributed by atoms with Gasteiger partial charge in [0.25, 0.3) is 26.1 Å². The van der Waals surface area contributed by atoms with E-state index < -0.39 is 40.1 Å². The zero-order valence-electron chi connectivity index (χ0n) is 24.2. The normalized spacial score (nSPS) is 14.9. The Labute approximate surface area is 265 Å². The number of hydrogen-bond donors (Lipinski definition) is 4. The predicted octanol–water partition coefficient (Wildman–Crippen LogP) is 4.59. The fourth-order valence-corrected chi connectivity index (χ4v) is 8.45. The van der Waals surface area contributed by atoms with Gasteiger partial charge in [0.2, 0.25) is 10.0 Å². The van der Waals surface area contributed by atoms with Crippen LogP contribution in [0, 0.1) is 0 Å². The summed E-state index contributed by atoms with van der Waals surface area (Å²) in [6, 6.07) is 19.8. The molecule has 4 N–H and O–H groups in total. The van der Waals surface area contributed by atoms with Gasteiger partial charge >= 0.3 is 0 Å². The van der Waals surface area contributed by atoms with Crippen LogP contribution in [0.3, 0.4) is 0 Å². The Hall–Kier alpha value is -4.12. The second-order valence-corrected chi connectivity index (χ2v) is 15.8. The number of carbonyl (C=O) groups excluding carboxylic acids is 1. The van der Waals surface area contributed by atoms with Gasteiger partial charge in [-0.1, -0.05) is 36.8 Å². The molecule has 240 valence electrons. The van der Waals surface area contributed by atoms with Gasteiger partial charge in [0.05, 0.1) is 9.79 Å². The van der Waals surface area contributed by atoms with E-state index in [1.807, 2.05) is 0 Å². The summed E-state index contributed by atoms with van der Waals surface area (Å²) in [4.78, 5) is 14.9. The first-order chi connectivity index (χ1) is 21.7. The number of hydrogen-bond acceptors (Lipinski definition) is 7. The molecule has 12 nitrogen and oxygen atoms in total. The average Bonchev–Trinajstić information content (AvgIpc) is 3.46. The quantitative estimate of drug-likeness (QED) is 0.170. The van der Waals surface area contributed by atoms with Crippen molar-refractivity contribution in [3.8, 4) is 11.1 Å². The molecular formula is C31H29N3O9S3. The highest BCUT2D eigenvalue weighted by Gasteiger charge is 2.26.